The lowest BCUT2D eigenvalue weighted by Crippen LogP contribution is -2.37. The van der Waals surface area contributed by atoms with Gasteiger partial charge in [-0.15, -0.1) is 0 Å². The first kappa shape index (κ1) is 13.6. The van der Waals surface area contributed by atoms with Crippen LogP contribution in [0.25, 0.3) is 5.69 Å². The van der Waals surface area contributed by atoms with Gasteiger partial charge in [-0.2, -0.15) is 4.68 Å². The highest BCUT2D eigenvalue weighted by atomic mass is 32.1. The summed E-state index contributed by atoms with van der Waals surface area (Å²) >= 11 is 5.40. The monoisotopic (exact) mass is 320 g/mol. The second kappa shape index (κ2) is 4.97. The second-order valence-corrected chi connectivity index (χ2v) is 5.58. The number of benzene rings is 1. The van der Waals surface area contributed by atoms with Gasteiger partial charge in [-0.05, 0) is 46.9 Å². The zero-order valence-corrected chi connectivity index (χ0v) is 12.1. The van der Waals surface area contributed by atoms with Gasteiger partial charge >= 0.3 is 0 Å². The number of tetrazole rings is 1. The number of aromatic hydroxyl groups is 1. The van der Waals surface area contributed by atoms with Crippen molar-refractivity contribution in [2.45, 2.75) is 24.9 Å². The molecule has 1 N–H and O–H groups in total. The number of ether oxygens (including phenoxy) is 2. The maximum Gasteiger partial charge on any atom is 0.221 e. The highest BCUT2D eigenvalue weighted by molar-refractivity contribution is 7.71. The Morgan fingerprint density at radius 2 is 2.05 bits per heavy atom. The molecule has 8 nitrogen and oxygen atoms in total. The fourth-order valence-electron chi connectivity index (χ4n) is 2.69. The molecule has 0 aliphatic carbocycles. The number of phenols is 1. The number of fused-ring (bicyclic) bond motifs is 2. The van der Waals surface area contributed by atoms with E-state index in [4.69, 9.17) is 21.7 Å². The van der Waals surface area contributed by atoms with Gasteiger partial charge in [0.1, 0.15) is 11.9 Å². The van der Waals surface area contributed by atoms with Gasteiger partial charge in [0, 0.05) is 6.42 Å². The predicted octanol–water partition coefficient (Wildman–Crippen LogP) is 0.759. The lowest BCUT2D eigenvalue weighted by Gasteiger charge is -2.25. The van der Waals surface area contributed by atoms with Crippen molar-refractivity contribution in [1.82, 2.24) is 19.8 Å². The average molecular weight is 320 g/mol. The van der Waals surface area contributed by atoms with Crippen LogP contribution in [-0.2, 0) is 14.3 Å². The van der Waals surface area contributed by atoms with E-state index in [0.717, 1.165) is 0 Å². The number of phenolic OH excluding ortho intramolecular Hbond substituents is 1. The van der Waals surface area contributed by atoms with Crippen molar-refractivity contribution in [1.29, 1.82) is 0 Å². The molecular formula is C13H12N4O4S. The number of carbonyl (C=O) groups excluding carboxylic acids is 1. The van der Waals surface area contributed by atoms with E-state index >= 15 is 0 Å². The summed E-state index contributed by atoms with van der Waals surface area (Å²) in [5, 5.41) is 17.4. The van der Waals surface area contributed by atoms with Gasteiger partial charge in [0.05, 0.1) is 18.3 Å². The Labute approximate surface area is 129 Å². The van der Waals surface area contributed by atoms with Crippen LogP contribution in [0, 0.1) is 4.77 Å². The van der Waals surface area contributed by atoms with Crippen molar-refractivity contribution in [3.63, 3.8) is 0 Å². The Bertz CT molecular complexity index is 784. The first-order valence-corrected chi connectivity index (χ1v) is 7.18. The number of hydrogen-bond donors (Lipinski definition) is 1. The molecule has 1 aromatic carbocycles. The number of aromatic nitrogens is 4. The minimum Gasteiger partial charge on any atom is -0.508 e. The Morgan fingerprint density at radius 1 is 1.27 bits per heavy atom. The number of rotatable bonds is 2. The summed E-state index contributed by atoms with van der Waals surface area (Å²) in [5.74, 6) is 0.0444. The summed E-state index contributed by atoms with van der Waals surface area (Å²) in [5.41, 5.74) is 0.678. The standard InChI is InChI=1S/C13H12N4O4S/c18-8-3-1-7(2-4-8)16-13(22)17(15-14-16)9-5-10(19)12-20-6-11(9)21-12/h1-4,9,11-12,18H,5-6H2/t9-,11-,12-/m1/s1. The van der Waals surface area contributed by atoms with E-state index in [9.17, 15) is 9.90 Å². The normalized spacial score (nSPS) is 27.3. The number of Topliss-reactive ketones (excluding diaryl/α,β-unsaturated/α-hetero) is 1. The lowest BCUT2D eigenvalue weighted by atomic mass is 10.0. The average Bonchev–Trinajstić information content (AvgIpc) is 3.10. The summed E-state index contributed by atoms with van der Waals surface area (Å²) < 4.78 is 14.2. The molecule has 2 saturated heterocycles. The van der Waals surface area contributed by atoms with Gasteiger partial charge in [0.2, 0.25) is 11.1 Å². The van der Waals surface area contributed by atoms with Crippen LogP contribution in [0.15, 0.2) is 24.3 Å². The van der Waals surface area contributed by atoms with Crippen LogP contribution in [0.2, 0.25) is 0 Å². The van der Waals surface area contributed by atoms with Crippen LogP contribution in [0.1, 0.15) is 12.5 Å². The van der Waals surface area contributed by atoms with Gasteiger partial charge in [0.25, 0.3) is 0 Å². The molecule has 22 heavy (non-hydrogen) atoms. The molecule has 3 atom stereocenters. The summed E-state index contributed by atoms with van der Waals surface area (Å²) in [7, 11) is 0. The zero-order chi connectivity index (χ0) is 15.3. The Morgan fingerprint density at radius 3 is 2.82 bits per heavy atom. The molecule has 2 aromatic rings. The molecule has 1 aromatic heterocycles. The maximum absolute atomic E-state index is 11.9. The van der Waals surface area contributed by atoms with E-state index < -0.39 is 6.29 Å². The zero-order valence-electron chi connectivity index (χ0n) is 11.3. The predicted molar refractivity (Wildman–Crippen MR) is 75.1 cm³/mol. The van der Waals surface area contributed by atoms with Crippen LogP contribution < -0.4 is 0 Å². The molecule has 2 aliphatic rings. The fourth-order valence-corrected chi connectivity index (χ4v) is 3.00. The number of nitrogens with zero attached hydrogens (tertiary/aromatic N) is 4. The quantitative estimate of drug-likeness (QED) is 0.817. The second-order valence-electron chi connectivity index (χ2n) is 5.21. The van der Waals surface area contributed by atoms with E-state index in [1.807, 2.05) is 0 Å². The molecule has 4 rings (SSSR count). The van der Waals surface area contributed by atoms with E-state index in [-0.39, 0.29) is 30.1 Å². The molecule has 2 bridgehead atoms. The summed E-state index contributed by atoms with van der Waals surface area (Å²) in [6.45, 7) is 0.342. The lowest BCUT2D eigenvalue weighted by molar-refractivity contribution is -0.156. The smallest absolute Gasteiger partial charge is 0.221 e. The van der Waals surface area contributed by atoms with Crippen molar-refractivity contribution < 1.29 is 19.4 Å². The van der Waals surface area contributed by atoms with Crippen molar-refractivity contribution in [2.24, 2.45) is 0 Å². The molecule has 114 valence electrons. The highest BCUT2D eigenvalue weighted by Crippen LogP contribution is 2.32. The molecule has 0 unspecified atom stereocenters. The third kappa shape index (κ3) is 2.05. The Hall–Kier alpha value is -2.10. The molecule has 0 amide bonds. The minimum atomic E-state index is -0.748. The number of ketones is 1. The van der Waals surface area contributed by atoms with E-state index in [0.29, 0.717) is 17.1 Å². The van der Waals surface area contributed by atoms with Gasteiger partial charge in [-0.1, -0.05) is 0 Å². The van der Waals surface area contributed by atoms with Gasteiger partial charge in [-0.3, -0.25) is 4.79 Å². The molecule has 2 fully saturated rings. The molecule has 9 heteroatoms. The first-order valence-electron chi connectivity index (χ1n) is 6.77. The highest BCUT2D eigenvalue weighted by Gasteiger charge is 2.45. The molecule has 0 radical (unpaired) electrons. The number of hydrogen-bond acceptors (Lipinski definition) is 7. The molecule has 2 aliphatic heterocycles. The van der Waals surface area contributed by atoms with Crippen LogP contribution in [0.3, 0.4) is 0 Å². The molecular weight excluding hydrogens is 308 g/mol. The van der Waals surface area contributed by atoms with E-state index in [1.165, 1.54) is 9.36 Å². The van der Waals surface area contributed by atoms with Crippen LogP contribution in [0.4, 0.5) is 0 Å². The van der Waals surface area contributed by atoms with Crippen LogP contribution >= 0.6 is 12.2 Å². The number of carbonyl (C=O) groups is 1. The van der Waals surface area contributed by atoms with Crippen molar-refractivity contribution in [3.05, 3.63) is 29.0 Å². The summed E-state index contributed by atoms with van der Waals surface area (Å²) in [6.07, 6.45) is -0.736. The first-order chi connectivity index (χ1) is 10.6. The minimum absolute atomic E-state index is 0.111. The third-order valence-electron chi connectivity index (χ3n) is 3.82. The summed E-state index contributed by atoms with van der Waals surface area (Å²) in [4.78, 5) is 11.9. The van der Waals surface area contributed by atoms with Gasteiger partial charge in [-0.25, -0.2) is 4.68 Å². The maximum atomic E-state index is 11.9. The van der Waals surface area contributed by atoms with Crippen LogP contribution in [-0.4, -0.2) is 49.7 Å². The fraction of sp³-hybridized carbons (Fsp3) is 0.385. The van der Waals surface area contributed by atoms with Gasteiger partial charge in [0.15, 0.2) is 5.78 Å². The Kier molecular flexibility index (Phi) is 3.06. The summed E-state index contributed by atoms with van der Waals surface area (Å²) in [6, 6.07) is 6.13. The molecule has 0 saturated carbocycles. The van der Waals surface area contributed by atoms with Crippen LogP contribution in [0.5, 0.6) is 5.75 Å². The third-order valence-corrected chi connectivity index (χ3v) is 4.18. The largest absolute Gasteiger partial charge is 0.508 e. The SMILES string of the molecule is O=C1C[C@@H](n2nnn(-c3ccc(O)cc3)c2=S)[C@H]2CO[C@@H]1O2. The van der Waals surface area contributed by atoms with Gasteiger partial charge < -0.3 is 14.6 Å². The van der Waals surface area contributed by atoms with E-state index in [2.05, 4.69) is 10.4 Å². The van der Waals surface area contributed by atoms with Crippen molar-refractivity contribution in [2.75, 3.05) is 6.61 Å². The van der Waals surface area contributed by atoms with E-state index in [1.54, 1.807) is 24.3 Å². The molecule has 3 heterocycles. The van der Waals surface area contributed by atoms with Crippen molar-refractivity contribution in [3.8, 4) is 11.4 Å². The van der Waals surface area contributed by atoms with Crippen molar-refractivity contribution >= 4 is 18.0 Å². The molecule has 0 spiro atoms. The Balaban J connectivity index is 1.71. The topological polar surface area (TPSA) is 91.4 Å².